The maximum absolute atomic E-state index is 12.4. The molecule has 0 aliphatic carbocycles. The Morgan fingerprint density at radius 3 is 2.64 bits per heavy atom. The van der Waals surface area contributed by atoms with Crippen LogP contribution >= 0.6 is 12.2 Å². The Kier molecular flexibility index (Phi) is 6.25. The molecule has 1 aromatic carbocycles. The Labute approximate surface area is 153 Å². The van der Waals surface area contributed by atoms with E-state index in [0.717, 1.165) is 5.56 Å². The number of ether oxygens (including phenoxy) is 3. The van der Waals surface area contributed by atoms with Crippen LogP contribution in [0.15, 0.2) is 29.5 Å². The smallest absolute Gasteiger partial charge is 0.338 e. The summed E-state index contributed by atoms with van der Waals surface area (Å²) in [6.45, 7) is 7.78. The van der Waals surface area contributed by atoms with Crippen molar-refractivity contribution in [3.05, 3.63) is 35.0 Å². The minimum absolute atomic E-state index is 0.0292. The normalized spacial score (nSPS) is 17.0. The molecule has 6 nitrogen and oxygen atoms in total. The van der Waals surface area contributed by atoms with Gasteiger partial charge in [-0.1, -0.05) is 6.07 Å². The third-order valence-electron chi connectivity index (χ3n) is 3.65. The van der Waals surface area contributed by atoms with Gasteiger partial charge in [0.05, 0.1) is 31.4 Å². The number of rotatable bonds is 6. The van der Waals surface area contributed by atoms with Gasteiger partial charge in [0.2, 0.25) is 0 Å². The van der Waals surface area contributed by atoms with E-state index in [0.29, 0.717) is 34.5 Å². The van der Waals surface area contributed by atoms with Gasteiger partial charge in [0, 0.05) is 5.70 Å². The average molecular weight is 364 g/mol. The third-order valence-corrected chi connectivity index (χ3v) is 3.87. The van der Waals surface area contributed by atoms with E-state index in [1.54, 1.807) is 21.0 Å². The number of hydrogen-bond donors (Lipinski definition) is 2. The highest BCUT2D eigenvalue weighted by molar-refractivity contribution is 7.80. The second-order valence-corrected chi connectivity index (χ2v) is 6.28. The van der Waals surface area contributed by atoms with Crippen molar-refractivity contribution in [2.45, 2.75) is 39.8 Å². The van der Waals surface area contributed by atoms with Gasteiger partial charge in [0.15, 0.2) is 16.6 Å². The Balaban J connectivity index is 2.44. The maximum Gasteiger partial charge on any atom is 0.338 e. The Morgan fingerprint density at radius 1 is 1.32 bits per heavy atom. The molecule has 0 fully saturated rings. The monoisotopic (exact) mass is 364 g/mol. The summed E-state index contributed by atoms with van der Waals surface area (Å²) in [6, 6.07) is 5.14. The first kappa shape index (κ1) is 19.1. The largest absolute Gasteiger partial charge is 0.493 e. The molecule has 0 radical (unpaired) electrons. The molecule has 0 saturated carbocycles. The average Bonchev–Trinajstić information content (AvgIpc) is 2.54. The zero-order chi connectivity index (χ0) is 18.6. The topological polar surface area (TPSA) is 68.8 Å². The zero-order valence-corrected chi connectivity index (χ0v) is 16.0. The second kappa shape index (κ2) is 8.20. The van der Waals surface area contributed by atoms with Crippen molar-refractivity contribution >= 4 is 23.3 Å². The molecular formula is C18H24N2O4S. The van der Waals surface area contributed by atoms with E-state index in [9.17, 15) is 4.79 Å². The lowest BCUT2D eigenvalue weighted by molar-refractivity contribution is -0.139. The van der Waals surface area contributed by atoms with Gasteiger partial charge in [0.25, 0.3) is 0 Å². The predicted octanol–water partition coefficient (Wildman–Crippen LogP) is 2.84. The van der Waals surface area contributed by atoms with Crippen LogP contribution < -0.4 is 20.1 Å². The molecular weight excluding hydrogens is 340 g/mol. The fraction of sp³-hybridized carbons (Fsp3) is 0.444. The van der Waals surface area contributed by atoms with Crippen LogP contribution in [0.1, 0.15) is 39.3 Å². The van der Waals surface area contributed by atoms with Gasteiger partial charge in [-0.05, 0) is 57.6 Å². The standard InChI is InChI=1S/C18H24N2O4S/c1-6-23-17(21)15-11(4)19-18(25)20-16(15)12-7-8-13(24-10(2)3)14(9-12)22-5/h7-10,16H,6H2,1-5H3,(H2,19,20,25). The van der Waals surface area contributed by atoms with Crippen molar-refractivity contribution in [3.63, 3.8) is 0 Å². The quantitative estimate of drug-likeness (QED) is 0.594. The molecule has 1 heterocycles. The molecule has 1 aliphatic rings. The lowest BCUT2D eigenvalue weighted by Gasteiger charge is -2.30. The number of carbonyl (C=O) groups is 1. The summed E-state index contributed by atoms with van der Waals surface area (Å²) >= 11 is 5.24. The molecule has 0 spiro atoms. The summed E-state index contributed by atoms with van der Waals surface area (Å²) in [5.74, 6) is 0.864. The van der Waals surface area contributed by atoms with Gasteiger partial charge < -0.3 is 24.8 Å². The number of benzene rings is 1. The Morgan fingerprint density at radius 2 is 2.04 bits per heavy atom. The first-order valence-corrected chi connectivity index (χ1v) is 8.58. The molecule has 1 aromatic rings. The molecule has 1 aliphatic heterocycles. The molecule has 0 saturated heterocycles. The lowest BCUT2D eigenvalue weighted by atomic mass is 9.95. The molecule has 2 rings (SSSR count). The van der Waals surface area contributed by atoms with Crippen LogP contribution in [0.5, 0.6) is 11.5 Å². The Hall–Kier alpha value is -2.28. The highest BCUT2D eigenvalue weighted by atomic mass is 32.1. The van der Waals surface area contributed by atoms with Crippen LogP contribution in [0.3, 0.4) is 0 Å². The van der Waals surface area contributed by atoms with Gasteiger partial charge in [0.1, 0.15) is 0 Å². The van der Waals surface area contributed by atoms with Gasteiger partial charge in [-0.15, -0.1) is 0 Å². The summed E-state index contributed by atoms with van der Waals surface area (Å²) < 4.78 is 16.4. The fourth-order valence-electron chi connectivity index (χ4n) is 2.64. The molecule has 1 atom stereocenters. The first-order valence-electron chi connectivity index (χ1n) is 8.17. The first-order chi connectivity index (χ1) is 11.9. The summed E-state index contributed by atoms with van der Waals surface area (Å²) in [6.07, 6.45) is 0.0292. The molecule has 7 heteroatoms. The highest BCUT2D eigenvalue weighted by Gasteiger charge is 2.31. The molecule has 25 heavy (non-hydrogen) atoms. The molecule has 136 valence electrons. The SMILES string of the molecule is CCOC(=O)C1=C(C)NC(=S)NC1c1ccc(OC(C)C)c(OC)c1. The number of thiocarbonyl (C=S) groups is 1. The summed E-state index contributed by atoms with van der Waals surface area (Å²) in [5.41, 5.74) is 2.00. The molecule has 1 unspecified atom stereocenters. The summed E-state index contributed by atoms with van der Waals surface area (Å²) in [7, 11) is 1.58. The maximum atomic E-state index is 12.4. The van der Waals surface area contributed by atoms with Gasteiger partial charge in [-0.3, -0.25) is 0 Å². The van der Waals surface area contributed by atoms with Crippen LogP contribution in [-0.2, 0) is 9.53 Å². The van der Waals surface area contributed by atoms with E-state index in [4.69, 9.17) is 26.4 Å². The number of hydrogen-bond acceptors (Lipinski definition) is 5. The second-order valence-electron chi connectivity index (χ2n) is 5.87. The van der Waals surface area contributed by atoms with Crippen molar-refractivity contribution in [3.8, 4) is 11.5 Å². The third kappa shape index (κ3) is 4.42. The van der Waals surface area contributed by atoms with Crippen LogP contribution in [-0.4, -0.2) is 30.9 Å². The van der Waals surface area contributed by atoms with E-state index < -0.39 is 6.04 Å². The molecule has 2 N–H and O–H groups in total. The number of esters is 1. The fourth-order valence-corrected chi connectivity index (χ4v) is 2.91. The molecule has 0 aromatic heterocycles. The van der Waals surface area contributed by atoms with Gasteiger partial charge >= 0.3 is 5.97 Å². The van der Waals surface area contributed by atoms with Crippen LogP contribution in [0.4, 0.5) is 0 Å². The van der Waals surface area contributed by atoms with Crippen LogP contribution in [0.2, 0.25) is 0 Å². The van der Waals surface area contributed by atoms with E-state index in [1.807, 2.05) is 32.0 Å². The van der Waals surface area contributed by atoms with E-state index in [2.05, 4.69) is 10.6 Å². The van der Waals surface area contributed by atoms with E-state index in [-0.39, 0.29) is 12.1 Å². The van der Waals surface area contributed by atoms with Gasteiger partial charge in [-0.2, -0.15) is 0 Å². The van der Waals surface area contributed by atoms with Crippen molar-refractivity contribution in [1.29, 1.82) is 0 Å². The van der Waals surface area contributed by atoms with Crippen LogP contribution in [0, 0.1) is 0 Å². The minimum atomic E-state index is -0.421. The van der Waals surface area contributed by atoms with Gasteiger partial charge in [-0.25, -0.2) is 4.79 Å². The van der Waals surface area contributed by atoms with E-state index >= 15 is 0 Å². The number of methoxy groups -OCH3 is 1. The zero-order valence-electron chi connectivity index (χ0n) is 15.1. The lowest BCUT2D eigenvalue weighted by Crippen LogP contribution is -2.45. The predicted molar refractivity (Wildman–Crippen MR) is 99.7 cm³/mol. The van der Waals surface area contributed by atoms with Crippen LogP contribution in [0.25, 0.3) is 0 Å². The highest BCUT2D eigenvalue weighted by Crippen LogP contribution is 2.35. The summed E-state index contributed by atoms with van der Waals surface area (Å²) in [4.78, 5) is 12.4. The number of nitrogens with one attached hydrogen (secondary N) is 2. The van der Waals surface area contributed by atoms with Crippen molar-refractivity contribution < 1.29 is 19.0 Å². The molecule has 0 amide bonds. The van der Waals surface area contributed by atoms with E-state index in [1.165, 1.54) is 0 Å². The van der Waals surface area contributed by atoms with Crippen molar-refractivity contribution in [1.82, 2.24) is 10.6 Å². The minimum Gasteiger partial charge on any atom is -0.493 e. The van der Waals surface area contributed by atoms with Crippen molar-refractivity contribution in [2.75, 3.05) is 13.7 Å². The number of allylic oxidation sites excluding steroid dienone is 1. The van der Waals surface area contributed by atoms with Crippen molar-refractivity contribution in [2.24, 2.45) is 0 Å². The molecule has 0 bridgehead atoms. The number of carbonyl (C=O) groups excluding carboxylic acids is 1. The summed E-state index contributed by atoms with van der Waals surface area (Å²) in [5, 5.41) is 6.56. The Bertz CT molecular complexity index is 700.